The van der Waals surface area contributed by atoms with Gasteiger partial charge in [0.25, 0.3) is 0 Å². The van der Waals surface area contributed by atoms with E-state index in [9.17, 15) is 4.79 Å². The second-order valence-electron chi connectivity index (χ2n) is 6.63. The summed E-state index contributed by atoms with van der Waals surface area (Å²) in [6.07, 6.45) is 8.20. The summed E-state index contributed by atoms with van der Waals surface area (Å²) in [7, 11) is 1.67. The Bertz CT molecular complexity index is 708. The van der Waals surface area contributed by atoms with Crippen molar-refractivity contribution in [1.82, 2.24) is 24.8 Å². The number of rotatable bonds is 6. The van der Waals surface area contributed by atoms with E-state index in [2.05, 4.69) is 26.8 Å². The highest BCUT2D eigenvalue weighted by Crippen LogP contribution is 2.29. The maximum absolute atomic E-state index is 12.3. The number of ether oxygens (including phenoxy) is 1. The Labute approximate surface area is 154 Å². The zero-order valence-corrected chi connectivity index (χ0v) is 15.5. The van der Waals surface area contributed by atoms with E-state index in [0.29, 0.717) is 19.2 Å². The fraction of sp³-hybridized carbons (Fsp3) is 0.526. The highest BCUT2D eigenvalue weighted by atomic mass is 16.5. The van der Waals surface area contributed by atoms with Gasteiger partial charge in [-0.05, 0) is 38.3 Å². The molecule has 0 radical (unpaired) electrons. The first-order chi connectivity index (χ1) is 12.7. The number of methoxy groups -OCH3 is 1. The van der Waals surface area contributed by atoms with Crippen LogP contribution in [0.25, 0.3) is 11.4 Å². The molecule has 2 aromatic rings. The van der Waals surface area contributed by atoms with Crippen molar-refractivity contribution in [1.29, 1.82) is 0 Å². The Balaban J connectivity index is 1.61. The molecule has 0 spiro atoms. The summed E-state index contributed by atoms with van der Waals surface area (Å²) in [6.45, 7) is 4.93. The van der Waals surface area contributed by atoms with Gasteiger partial charge in [-0.2, -0.15) is 0 Å². The molecule has 0 aliphatic carbocycles. The number of carbonyl (C=O) groups is 1. The summed E-state index contributed by atoms with van der Waals surface area (Å²) >= 11 is 0. The molecule has 0 aromatic carbocycles. The molecule has 1 N–H and O–H groups in total. The first kappa shape index (κ1) is 18.4. The number of carbonyl (C=O) groups excluding carboxylic acids is 1. The lowest BCUT2D eigenvalue weighted by Crippen LogP contribution is -2.45. The van der Waals surface area contributed by atoms with Gasteiger partial charge >= 0.3 is 6.03 Å². The molecule has 0 bridgehead atoms. The molecule has 3 rings (SSSR count). The number of nitrogens with zero attached hydrogens (tertiary/aromatic N) is 4. The van der Waals surface area contributed by atoms with Crippen LogP contribution in [0.3, 0.4) is 0 Å². The van der Waals surface area contributed by atoms with Crippen LogP contribution in [0, 0.1) is 6.92 Å². The number of amides is 2. The third kappa shape index (κ3) is 4.22. The molecule has 1 fully saturated rings. The zero-order valence-electron chi connectivity index (χ0n) is 15.5. The van der Waals surface area contributed by atoms with Crippen molar-refractivity contribution < 1.29 is 9.53 Å². The third-order valence-corrected chi connectivity index (χ3v) is 4.84. The van der Waals surface area contributed by atoms with Crippen LogP contribution < -0.4 is 5.32 Å². The van der Waals surface area contributed by atoms with E-state index in [1.165, 1.54) is 0 Å². The number of piperidine rings is 1. The molecule has 0 saturated carbocycles. The molecular weight excluding hydrogens is 330 g/mol. The SMILES string of the molecule is COCCCNC(=O)N1CCC(n2c(C)cnc2-c2ccncc2)CC1. The minimum atomic E-state index is 0.0243. The van der Waals surface area contributed by atoms with E-state index < -0.39 is 0 Å². The van der Waals surface area contributed by atoms with Gasteiger partial charge < -0.3 is 19.5 Å². The summed E-state index contributed by atoms with van der Waals surface area (Å²) in [5, 5.41) is 2.97. The largest absolute Gasteiger partial charge is 0.385 e. The van der Waals surface area contributed by atoms with Gasteiger partial charge in [0.2, 0.25) is 0 Å². The van der Waals surface area contributed by atoms with E-state index in [4.69, 9.17) is 4.74 Å². The number of hydrogen-bond donors (Lipinski definition) is 1. The first-order valence-electron chi connectivity index (χ1n) is 9.16. The van der Waals surface area contributed by atoms with Crippen molar-refractivity contribution in [3.8, 4) is 11.4 Å². The van der Waals surface area contributed by atoms with Crippen molar-refractivity contribution in [3.63, 3.8) is 0 Å². The molecule has 0 atom stereocenters. The summed E-state index contributed by atoms with van der Waals surface area (Å²) in [5.74, 6) is 0.979. The summed E-state index contributed by atoms with van der Waals surface area (Å²) in [6, 6.07) is 4.36. The number of nitrogens with one attached hydrogen (secondary N) is 1. The van der Waals surface area contributed by atoms with Crippen LogP contribution in [-0.2, 0) is 4.74 Å². The highest BCUT2D eigenvalue weighted by Gasteiger charge is 2.26. The van der Waals surface area contributed by atoms with Gasteiger partial charge in [0.15, 0.2) is 0 Å². The van der Waals surface area contributed by atoms with Crippen molar-refractivity contribution >= 4 is 6.03 Å². The minimum Gasteiger partial charge on any atom is -0.385 e. The average Bonchev–Trinajstić information content (AvgIpc) is 3.07. The first-order valence-corrected chi connectivity index (χ1v) is 9.16. The predicted octanol–water partition coefficient (Wildman–Crippen LogP) is 2.64. The quantitative estimate of drug-likeness (QED) is 0.807. The Kier molecular flexibility index (Phi) is 6.22. The molecule has 7 nitrogen and oxygen atoms in total. The maximum Gasteiger partial charge on any atom is 0.317 e. The van der Waals surface area contributed by atoms with Gasteiger partial charge in [0.05, 0.1) is 0 Å². The van der Waals surface area contributed by atoms with E-state index in [1.54, 1.807) is 19.5 Å². The van der Waals surface area contributed by atoms with E-state index in [0.717, 1.165) is 49.4 Å². The summed E-state index contributed by atoms with van der Waals surface area (Å²) in [4.78, 5) is 22.9. The Morgan fingerprint density at radius 3 is 2.73 bits per heavy atom. The lowest BCUT2D eigenvalue weighted by atomic mass is 10.0. The van der Waals surface area contributed by atoms with Crippen LogP contribution in [0.2, 0.25) is 0 Å². The smallest absolute Gasteiger partial charge is 0.317 e. The van der Waals surface area contributed by atoms with Gasteiger partial charge in [-0.1, -0.05) is 0 Å². The van der Waals surface area contributed by atoms with Gasteiger partial charge in [-0.15, -0.1) is 0 Å². The molecule has 2 aromatic heterocycles. The number of urea groups is 1. The monoisotopic (exact) mass is 357 g/mol. The zero-order chi connectivity index (χ0) is 18.4. The van der Waals surface area contributed by atoms with Gasteiger partial charge in [-0.25, -0.2) is 9.78 Å². The number of hydrogen-bond acceptors (Lipinski definition) is 4. The lowest BCUT2D eigenvalue weighted by molar-refractivity contribution is 0.167. The van der Waals surface area contributed by atoms with E-state index in [-0.39, 0.29) is 6.03 Å². The van der Waals surface area contributed by atoms with Crippen molar-refractivity contribution in [2.75, 3.05) is 33.4 Å². The molecule has 1 saturated heterocycles. The number of likely N-dealkylation sites (tertiary alicyclic amines) is 1. The van der Waals surface area contributed by atoms with Crippen LogP contribution in [-0.4, -0.2) is 58.8 Å². The van der Waals surface area contributed by atoms with Crippen LogP contribution in [0.4, 0.5) is 4.79 Å². The second-order valence-corrected chi connectivity index (χ2v) is 6.63. The number of aromatic nitrogens is 3. The molecule has 1 aliphatic rings. The van der Waals surface area contributed by atoms with Crippen molar-refractivity contribution in [3.05, 3.63) is 36.4 Å². The van der Waals surface area contributed by atoms with E-state index in [1.807, 2.05) is 23.2 Å². The minimum absolute atomic E-state index is 0.0243. The predicted molar refractivity (Wildman–Crippen MR) is 99.9 cm³/mol. The van der Waals surface area contributed by atoms with Gasteiger partial charge in [0.1, 0.15) is 5.82 Å². The normalized spacial score (nSPS) is 15.2. The van der Waals surface area contributed by atoms with Crippen molar-refractivity contribution in [2.24, 2.45) is 0 Å². The topological polar surface area (TPSA) is 72.3 Å². The Hall–Kier alpha value is -2.41. The highest BCUT2D eigenvalue weighted by molar-refractivity contribution is 5.74. The Morgan fingerprint density at radius 2 is 2.04 bits per heavy atom. The molecule has 7 heteroatoms. The number of pyridine rings is 1. The van der Waals surface area contributed by atoms with E-state index >= 15 is 0 Å². The van der Waals surface area contributed by atoms with Crippen LogP contribution in [0.15, 0.2) is 30.7 Å². The average molecular weight is 357 g/mol. The summed E-state index contributed by atoms with van der Waals surface area (Å²) in [5.41, 5.74) is 2.23. The van der Waals surface area contributed by atoms with Crippen molar-refractivity contribution in [2.45, 2.75) is 32.2 Å². The third-order valence-electron chi connectivity index (χ3n) is 4.84. The second kappa shape index (κ2) is 8.80. The fourth-order valence-electron chi connectivity index (χ4n) is 3.47. The Morgan fingerprint density at radius 1 is 1.31 bits per heavy atom. The molecule has 140 valence electrons. The molecule has 0 unspecified atom stereocenters. The summed E-state index contributed by atoms with van der Waals surface area (Å²) < 4.78 is 7.31. The molecular formula is C19H27N5O2. The van der Waals surface area contributed by atoms with Crippen LogP contribution in [0.5, 0.6) is 0 Å². The molecule has 1 aliphatic heterocycles. The van der Waals surface area contributed by atoms with Crippen LogP contribution >= 0.6 is 0 Å². The molecule has 3 heterocycles. The van der Waals surface area contributed by atoms with Gasteiger partial charge in [-0.3, -0.25) is 4.98 Å². The molecule has 26 heavy (non-hydrogen) atoms. The lowest BCUT2D eigenvalue weighted by Gasteiger charge is -2.34. The number of aryl methyl sites for hydroxylation is 1. The standard InChI is InChI=1S/C19H27N5O2/c1-15-14-22-18(16-4-9-20-10-5-16)24(15)17-6-11-23(12-7-17)19(25)21-8-3-13-26-2/h4-5,9-10,14,17H,3,6-8,11-13H2,1-2H3,(H,21,25). The maximum atomic E-state index is 12.3. The fourth-order valence-corrected chi connectivity index (χ4v) is 3.47. The number of imidazole rings is 1. The molecule has 2 amide bonds. The van der Waals surface area contributed by atoms with Gasteiger partial charge in [0, 0.05) is 69.2 Å². The van der Waals surface area contributed by atoms with Crippen LogP contribution in [0.1, 0.15) is 31.0 Å².